The van der Waals surface area contributed by atoms with E-state index >= 15 is 0 Å². The molecule has 2 heterocycles. The van der Waals surface area contributed by atoms with Crippen LogP contribution >= 0.6 is 11.3 Å². The quantitative estimate of drug-likeness (QED) is 0.180. The van der Waals surface area contributed by atoms with Crippen molar-refractivity contribution < 1.29 is 0 Å². The number of allylic oxidation sites excluding steroid dienone is 12. The van der Waals surface area contributed by atoms with Gasteiger partial charge in [0.2, 0.25) is 0 Å². The maximum atomic E-state index is 5.39. The van der Waals surface area contributed by atoms with Crippen LogP contribution in [0.5, 0.6) is 0 Å². The van der Waals surface area contributed by atoms with Crippen molar-refractivity contribution in [2.75, 3.05) is 0 Å². The normalized spacial score (nSPS) is 26.5. The average molecular weight is 698 g/mol. The summed E-state index contributed by atoms with van der Waals surface area (Å²) in [6, 6.07) is 35.8. The Balaban J connectivity index is 1.03. The predicted molar refractivity (Wildman–Crippen MR) is 217 cm³/mol. The first-order chi connectivity index (χ1) is 26.3. The van der Waals surface area contributed by atoms with E-state index in [9.17, 15) is 0 Å². The molecule has 252 valence electrons. The zero-order valence-corrected chi connectivity index (χ0v) is 29.9. The second-order valence-corrected chi connectivity index (χ2v) is 16.4. The number of benzene rings is 4. The molecule has 12 rings (SSSR count). The molecule has 6 atom stereocenters. The molecule has 0 radical (unpaired) electrons. The first-order valence-corrected chi connectivity index (χ1v) is 19.8. The van der Waals surface area contributed by atoms with Gasteiger partial charge in [-0.3, -0.25) is 0 Å². The van der Waals surface area contributed by atoms with E-state index < -0.39 is 0 Å². The Morgan fingerprint density at radius 1 is 0.604 bits per heavy atom. The van der Waals surface area contributed by atoms with Crippen LogP contribution in [-0.2, 0) is 5.41 Å². The fourth-order valence-electron chi connectivity index (χ4n) is 10.7. The fourth-order valence-corrected chi connectivity index (χ4v) is 11.8. The molecule has 1 saturated carbocycles. The van der Waals surface area contributed by atoms with E-state index in [0.717, 1.165) is 47.0 Å². The Hall–Kier alpha value is -5.71. The van der Waals surface area contributed by atoms with Crippen molar-refractivity contribution in [3.05, 3.63) is 191 Å². The van der Waals surface area contributed by atoms with E-state index in [0.29, 0.717) is 29.6 Å². The molecule has 53 heavy (non-hydrogen) atoms. The number of fused-ring (bicyclic) bond motifs is 8. The van der Waals surface area contributed by atoms with Crippen molar-refractivity contribution in [2.45, 2.75) is 30.1 Å². The van der Waals surface area contributed by atoms with Crippen LogP contribution in [0.3, 0.4) is 0 Å². The highest BCUT2D eigenvalue weighted by Crippen LogP contribution is 2.80. The number of nitrogens with zero attached hydrogens (tertiary/aromatic N) is 3. The number of hydrogen-bond acceptors (Lipinski definition) is 4. The molecule has 5 unspecified atom stereocenters. The molecular formula is C49H35N3S. The number of thiophene rings is 1. The van der Waals surface area contributed by atoms with E-state index in [1.54, 1.807) is 5.57 Å². The molecule has 0 amide bonds. The van der Waals surface area contributed by atoms with Gasteiger partial charge in [0.15, 0.2) is 17.5 Å². The van der Waals surface area contributed by atoms with Crippen LogP contribution in [0.4, 0.5) is 0 Å². The summed E-state index contributed by atoms with van der Waals surface area (Å²) in [6.45, 7) is 0. The van der Waals surface area contributed by atoms with Gasteiger partial charge >= 0.3 is 0 Å². The monoisotopic (exact) mass is 697 g/mol. The molecule has 6 aromatic rings. The van der Waals surface area contributed by atoms with Crippen molar-refractivity contribution >= 4 is 27.0 Å². The van der Waals surface area contributed by atoms with Gasteiger partial charge in [-0.2, -0.15) is 0 Å². The minimum atomic E-state index is 0.0863. The Labute approximate surface area is 313 Å². The first-order valence-electron chi connectivity index (χ1n) is 18.9. The molecule has 2 aromatic heterocycles. The zero-order chi connectivity index (χ0) is 34.7. The van der Waals surface area contributed by atoms with Crippen molar-refractivity contribution in [1.29, 1.82) is 0 Å². The molecule has 4 aromatic carbocycles. The lowest BCUT2D eigenvalue weighted by Gasteiger charge is -2.62. The maximum Gasteiger partial charge on any atom is 0.164 e. The molecule has 0 aliphatic heterocycles. The lowest BCUT2D eigenvalue weighted by molar-refractivity contribution is 0.173. The third-order valence-corrected chi connectivity index (χ3v) is 14.1. The Morgan fingerprint density at radius 3 is 2.28 bits per heavy atom. The van der Waals surface area contributed by atoms with Crippen molar-refractivity contribution in [1.82, 2.24) is 15.0 Å². The smallest absolute Gasteiger partial charge is 0.164 e. The predicted octanol–water partition coefficient (Wildman–Crippen LogP) is 11.8. The summed E-state index contributed by atoms with van der Waals surface area (Å²) >= 11 is 1.82. The van der Waals surface area contributed by atoms with Crippen LogP contribution in [0.15, 0.2) is 163 Å². The van der Waals surface area contributed by atoms with Gasteiger partial charge in [0, 0.05) is 55.0 Å². The molecule has 3 nitrogen and oxygen atoms in total. The summed E-state index contributed by atoms with van der Waals surface area (Å²) in [5.74, 6) is 4.30. The highest BCUT2D eigenvalue weighted by molar-refractivity contribution is 7.22. The van der Waals surface area contributed by atoms with Gasteiger partial charge in [0.1, 0.15) is 0 Å². The van der Waals surface area contributed by atoms with E-state index in [-0.39, 0.29) is 5.41 Å². The van der Waals surface area contributed by atoms with Crippen molar-refractivity contribution in [3.8, 4) is 33.2 Å². The van der Waals surface area contributed by atoms with Gasteiger partial charge in [0.05, 0.1) is 0 Å². The Morgan fingerprint density at radius 2 is 1.40 bits per heavy atom. The molecule has 1 spiro atoms. The van der Waals surface area contributed by atoms with E-state index in [4.69, 9.17) is 15.0 Å². The van der Waals surface area contributed by atoms with Gasteiger partial charge < -0.3 is 0 Å². The summed E-state index contributed by atoms with van der Waals surface area (Å²) in [6.07, 6.45) is 24.8. The summed E-state index contributed by atoms with van der Waals surface area (Å²) < 4.78 is 1.28. The fraction of sp³-hybridized carbons (Fsp3) is 0.163. The number of aromatic nitrogens is 3. The minimum Gasteiger partial charge on any atom is -0.209 e. The third-order valence-electron chi connectivity index (χ3n) is 12.9. The van der Waals surface area contributed by atoms with Crippen molar-refractivity contribution in [2.24, 2.45) is 17.8 Å². The zero-order valence-electron chi connectivity index (χ0n) is 29.1. The van der Waals surface area contributed by atoms with Gasteiger partial charge in [-0.15, -0.1) is 11.3 Å². The maximum absolute atomic E-state index is 5.39. The Kier molecular flexibility index (Phi) is 6.27. The van der Waals surface area contributed by atoms with Gasteiger partial charge in [-0.05, 0) is 70.5 Å². The highest BCUT2D eigenvalue weighted by Gasteiger charge is 2.73. The molecule has 6 aliphatic rings. The highest BCUT2D eigenvalue weighted by atomic mass is 32.1. The largest absolute Gasteiger partial charge is 0.209 e. The average Bonchev–Trinajstić information content (AvgIpc) is 3.89. The number of hydrogen-bond donors (Lipinski definition) is 0. The van der Waals surface area contributed by atoms with Crippen LogP contribution in [0.1, 0.15) is 52.8 Å². The SMILES string of the molecule is C1=CCC(C2CC=CC=C2c2nc(-c3ccc4c(c3)[C@@]35C6C=CC=C6C3c3ccccc3C45)nc(-c3ccccc3-c3cc4ccccc4s3)n2)C=C1. The molecule has 0 saturated heterocycles. The van der Waals surface area contributed by atoms with Crippen LogP contribution in [0, 0.1) is 17.8 Å². The topological polar surface area (TPSA) is 38.7 Å². The second-order valence-electron chi connectivity index (χ2n) is 15.4. The standard InChI is InChI=1S/C49H35N3S/c1-2-13-29(14-3-1)32-16-5-9-20-36(32)47-50-46(51-48(52-47)37-21-10-6-17-33(37)43-28-30-15-4-11-24-42(30)53-43)31-25-26-39-41(27-31)49-40-23-12-22-38(40)44(49)34-18-7-8-19-35(34)45(39)49/h1-13,15,17-29,32,40,44-45H,14,16H2/t29?,32?,40?,44?,45?,49-/m0/s1. The summed E-state index contributed by atoms with van der Waals surface area (Å²) in [5, 5.41) is 1.26. The third kappa shape index (κ3) is 4.07. The number of rotatable bonds is 5. The molecule has 1 fully saturated rings. The van der Waals surface area contributed by atoms with Gasteiger partial charge in [-0.25, -0.2) is 15.0 Å². The lowest BCUT2D eigenvalue weighted by Crippen LogP contribution is -2.58. The second kappa shape index (κ2) is 11.1. The van der Waals surface area contributed by atoms with Crippen LogP contribution < -0.4 is 0 Å². The van der Waals surface area contributed by atoms with Gasteiger partial charge in [0.25, 0.3) is 0 Å². The summed E-state index contributed by atoms with van der Waals surface area (Å²) in [4.78, 5) is 17.4. The summed E-state index contributed by atoms with van der Waals surface area (Å²) in [7, 11) is 0. The van der Waals surface area contributed by atoms with Crippen LogP contribution in [-0.4, -0.2) is 15.0 Å². The molecule has 4 heteroatoms. The molecular weight excluding hydrogens is 663 g/mol. The summed E-state index contributed by atoms with van der Waals surface area (Å²) in [5.41, 5.74) is 12.1. The molecule has 0 N–H and O–H groups in total. The van der Waals surface area contributed by atoms with E-state index in [1.165, 1.54) is 42.8 Å². The van der Waals surface area contributed by atoms with Crippen molar-refractivity contribution in [3.63, 3.8) is 0 Å². The van der Waals surface area contributed by atoms with E-state index in [2.05, 4.69) is 158 Å². The van der Waals surface area contributed by atoms with Gasteiger partial charge in [-0.1, -0.05) is 145 Å². The van der Waals surface area contributed by atoms with E-state index in [1.807, 2.05) is 11.3 Å². The minimum absolute atomic E-state index is 0.0863. The lowest BCUT2D eigenvalue weighted by atomic mass is 9.39. The Bertz CT molecular complexity index is 2700. The molecule has 0 bridgehead atoms. The molecule has 6 aliphatic carbocycles. The van der Waals surface area contributed by atoms with Crippen LogP contribution in [0.25, 0.3) is 48.9 Å². The first kappa shape index (κ1) is 29.8. The van der Waals surface area contributed by atoms with Crippen LogP contribution in [0.2, 0.25) is 0 Å².